The summed E-state index contributed by atoms with van der Waals surface area (Å²) >= 11 is 6.11. The monoisotopic (exact) mass is 346 g/mol. The predicted octanol–water partition coefficient (Wildman–Crippen LogP) is 3.25. The number of nitrogens with zero attached hydrogens (tertiary/aromatic N) is 3. The molecule has 1 aliphatic rings. The normalized spacial score (nSPS) is 15.9. The third kappa shape index (κ3) is 3.00. The molecule has 4 rings (SSSR count). The average Bonchev–Trinajstić information content (AvgIpc) is 3.03. The minimum Gasteiger partial charge on any atom is -0.379 e. The van der Waals surface area contributed by atoms with Crippen molar-refractivity contribution in [3.8, 4) is 11.4 Å². The van der Waals surface area contributed by atoms with Gasteiger partial charge in [0.15, 0.2) is 5.65 Å². The minimum atomic E-state index is -0.237. The van der Waals surface area contributed by atoms with E-state index in [1.54, 1.807) is 12.3 Å². The van der Waals surface area contributed by atoms with Crippen molar-refractivity contribution in [3.63, 3.8) is 0 Å². The van der Waals surface area contributed by atoms with Crippen LogP contribution in [-0.4, -0.2) is 46.2 Å². The van der Waals surface area contributed by atoms with Crippen LogP contribution in [0.5, 0.6) is 0 Å². The third-order valence-electron chi connectivity index (χ3n) is 4.16. The van der Waals surface area contributed by atoms with Crippen LogP contribution in [-0.2, 0) is 11.3 Å². The van der Waals surface area contributed by atoms with Crippen molar-refractivity contribution >= 4 is 22.8 Å². The summed E-state index contributed by atoms with van der Waals surface area (Å²) in [5.41, 5.74) is 2.53. The van der Waals surface area contributed by atoms with E-state index in [9.17, 15) is 4.39 Å². The van der Waals surface area contributed by atoms with E-state index >= 15 is 0 Å². The molecule has 124 valence electrons. The smallest absolute Gasteiger partial charge is 0.159 e. The number of benzene rings is 1. The highest BCUT2D eigenvalue weighted by atomic mass is 35.5. The van der Waals surface area contributed by atoms with Crippen molar-refractivity contribution in [2.75, 3.05) is 26.3 Å². The number of hydrogen-bond donors (Lipinski definition) is 1. The van der Waals surface area contributed by atoms with Crippen molar-refractivity contribution in [3.05, 3.63) is 46.9 Å². The fourth-order valence-corrected chi connectivity index (χ4v) is 3.03. The van der Waals surface area contributed by atoms with E-state index in [0.29, 0.717) is 52.9 Å². The maximum Gasteiger partial charge on any atom is 0.159 e. The van der Waals surface area contributed by atoms with E-state index in [4.69, 9.17) is 16.3 Å². The van der Waals surface area contributed by atoms with Gasteiger partial charge in [0, 0.05) is 37.0 Å². The van der Waals surface area contributed by atoms with Gasteiger partial charge in [-0.1, -0.05) is 23.7 Å². The van der Waals surface area contributed by atoms with E-state index in [1.807, 2.05) is 12.1 Å². The summed E-state index contributed by atoms with van der Waals surface area (Å²) < 4.78 is 19.8. The van der Waals surface area contributed by atoms with Crippen molar-refractivity contribution in [2.45, 2.75) is 6.54 Å². The van der Waals surface area contributed by atoms with Crippen LogP contribution in [0.1, 0.15) is 5.56 Å². The molecule has 3 heterocycles. The lowest BCUT2D eigenvalue weighted by molar-refractivity contribution is 0.0337. The molecule has 7 heteroatoms. The summed E-state index contributed by atoms with van der Waals surface area (Å²) in [6, 6.07) is 6.86. The minimum absolute atomic E-state index is 0.237. The Balaban J connectivity index is 1.61. The van der Waals surface area contributed by atoms with Gasteiger partial charge in [0.1, 0.15) is 17.2 Å². The van der Waals surface area contributed by atoms with Crippen LogP contribution in [0.3, 0.4) is 0 Å². The molecule has 0 amide bonds. The summed E-state index contributed by atoms with van der Waals surface area (Å²) in [4.78, 5) is 13.9. The molecule has 0 atom stereocenters. The Kier molecular flexibility index (Phi) is 4.18. The molecule has 1 N–H and O–H groups in total. The second-order valence-corrected chi connectivity index (χ2v) is 6.18. The Morgan fingerprint density at radius 3 is 2.83 bits per heavy atom. The Morgan fingerprint density at radius 2 is 2.08 bits per heavy atom. The molecule has 3 aromatic rings. The van der Waals surface area contributed by atoms with E-state index in [1.165, 1.54) is 6.07 Å². The molecule has 24 heavy (non-hydrogen) atoms. The van der Waals surface area contributed by atoms with Gasteiger partial charge in [0.2, 0.25) is 0 Å². The second kappa shape index (κ2) is 6.47. The SMILES string of the molecule is Fc1cc(-c2nc3c(Cl)ccnc3[nH]2)ccc1CN1CCOCC1. The topological polar surface area (TPSA) is 54.0 Å². The number of aromatic nitrogens is 3. The lowest BCUT2D eigenvalue weighted by Gasteiger charge is -2.26. The van der Waals surface area contributed by atoms with Crippen molar-refractivity contribution in [1.29, 1.82) is 0 Å². The zero-order chi connectivity index (χ0) is 16.5. The lowest BCUT2D eigenvalue weighted by atomic mass is 10.1. The molecule has 0 unspecified atom stereocenters. The predicted molar refractivity (Wildman–Crippen MR) is 90.4 cm³/mol. The van der Waals surface area contributed by atoms with Crippen LogP contribution in [0.15, 0.2) is 30.5 Å². The van der Waals surface area contributed by atoms with Crippen LogP contribution < -0.4 is 0 Å². The number of ether oxygens (including phenoxy) is 1. The van der Waals surface area contributed by atoms with Gasteiger partial charge >= 0.3 is 0 Å². The zero-order valence-corrected chi connectivity index (χ0v) is 13.7. The number of imidazole rings is 1. The standard InChI is InChI=1S/C17H16ClFN4O/c18-13-3-4-20-17-15(13)21-16(22-17)11-1-2-12(14(19)9-11)10-23-5-7-24-8-6-23/h1-4,9H,5-8,10H2,(H,20,21,22). The Hall–Kier alpha value is -2.02. The third-order valence-corrected chi connectivity index (χ3v) is 4.46. The zero-order valence-electron chi connectivity index (χ0n) is 12.9. The number of aromatic amines is 1. The first kappa shape index (κ1) is 15.5. The van der Waals surface area contributed by atoms with Gasteiger partial charge in [-0.05, 0) is 12.1 Å². The highest BCUT2D eigenvalue weighted by Crippen LogP contribution is 2.25. The first-order valence-electron chi connectivity index (χ1n) is 7.80. The van der Waals surface area contributed by atoms with Crippen LogP contribution >= 0.6 is 11.6 Å². The molecule has 0 aliphatic carbocycles. The highest BCUT2D eigenvalue weighted by Gasteiger charge is 2.15. The maximum absolute atomic E-state index is 14.5. The number of rotatable bonds is 3. The lowest BCUT2D eigenvalue weighted by Crippen LogP contribution is -2.35. The van der Waals surface area contributed by atoms with E-state index < -0.39 is 0 Å². The Morgan fingerprint density at radius 1 is 1.25 bits per heavy atom. The number of nitrogens with one attached hydrogen (secondary N) is 1. The van der Waals surface area contributed by atoms with Crippen molar-refractivity contribution < 1.29 is 9.13 Å². The van der Waals surface area contributed by atoms with Crippen molar-refractivity contribution in [2.24, 2.45) is 0 Å². The molecule has 0 saturated carbocycles. The molecule has 1 fully saturated rings. The molecule has 0 radical (unpaired) electrons. The van der Waals surface area contributed by atoms with Gasteiger partial charge in [-0.2, -0.15) is 0 Å². The molecule has 0 bridgehead atoms. The molecule has 1 aliphatic heterocycles. The first-order chi connectivity index (χ1) is 11.7. The molecule has 0 spiro atoms. The summed E-state index contributed by atoms with van der Waals surface area (Å²) in [6.07, 6.45) is 1.61. The number of fused-ring (bicyclic) bond motifs is 1. The van der Waals surface area contributed by atoms with Gasteiger partial charge < -0.3 is 9.72 Å². The summed E-state index contributed by atoms with van der Waals surface area (Å²) in [6.45, 7) is 3.64. The van der Waals surface area contributed by atoms with Crippen molar-refractivity contribution in [1.82, 2.24) is 19.9 Å². The van der Waals surface area contributed by atoms with E-state index in [0.717, 1.165) is 13.1 Å². The maximum atomic E-state index is 14.5. The quantitative estimate of drug-likeness (QED) is 0.791. The summed E-state index contributed by atoms with van der Waals surface area (Å²) in [5, 5.41) is 0.520. The van der Waals surface area contributed by atoms with Gasteiger partial charge in [0.05, 0.1) is 18.2 Å². The second-order valence-electron chi connectivity index (χ2n) is 5.77. The highest BCUT2D eigenvalue weighted by molar-refractivity contribution is 6.34. The Labute approximate surface area is 143 Å². The van der Waals surface area contributed by atoms with Gasteiger partial charge in [0.25, 0.3) is 0 Å². The van der Waals surface area contributed by atoms with Crippen LogP contribution in [0.4, 0.5) is 4.39 Å². The fraction of sp³-hybridized carbons (Fsp3) is 0.294. The number of morpholine rings is 1. The van der Waals surface area contributed by atoms with Gasteiger partial charge in [-0.15, -0.1) is 0 Å². The largest absolute Gasteiger partial charge is 0.379 e. The molecule has 5 nitrogen and oxygen atoms in total. The number of pyridine rings is 1. The Bertz CT molecular complexity index is 876. The summed E-state index contributed by atoms with van der Waals surface area (Å²) in [5.74, 6) is 0.320. The molecular formula is C17H16ClFN4O. The van der Waals surface area contributed by atoms with Gasteiger partial charge in [-0.3, -0.25) is 4.90 Å². The average molecular weight is 347 g/mol. The molecule has 1 aromatic carbocycles. The molecule has 1 saturated heterocycles. The van der Waals surface area contributed by atoms with E-state index in [2.05, 4.69) is 19.9 Å². The van der Waals surface area contributed by atoms with Crippen LogP contribution in [0, 0.1) is 5.82 Å². The first-order valence-corrected chi connectivity index (χ1v) is 8.17. The van der Waals surface area contributed by atoms with Crippen LogP contribution in [0.25, 0.3) is 22.6 Å². The fourth-order valence-electron chi connectivity index (χ4n) is 2.84. The summed E-state index contributed by atoms with van der Waals surface area (Å²) in [7, 11) is 0. The number of hydrogen-bond acceptors (Lipinski definition) is 4. The molecular weight excluding hydrogens is 331 g/mol. The van der Waals surface area contributed by atoms with Crippen LogP contribution in [0.2, 0.25) is 5.02 Å². The number of H-pyrrole nitrogens is 1. The van der Waals surface area contributed by atoms with E-state index in [-0.39, 0.29) is 5.82 Å². The molecule has 2 aromatic heterocycles. The number of halogens is 2. The van der Waals surface area contributed by atoms with Gasteiger partial charge in [-0.25, -0.2) is 14.4 Å².